The Morgan fingerprint density at radius 2 is 2.06 bits per heavy atom. The molecule has 8 heteroatoms. The summed E-state index contributed by atoms with van der Waals surface area (Å²) in [7, 11) is 3.71. The Labute approximate surface area is 201 Å². The second-order valence-electron chi connectivity index (χ2n) is 11.0. The van der Waals surface area contributed by atoms with E-state index >= 15 is 0 Å². The van der Waals surface area contributed by atoms with E-state index < -0.39 is 17.6 Å². The summed E-state index contributed by atoms with van der Waals surface area (Å²) in [5.41, 5.74) is 0.681. The average molecular weight is 464 g/mol. The maximum absolute atomic E-state index is 14.0. The minimum atomic E-state index is -0.917. The van der Waals surface area contributed by atoms with Gasteiger partial charge in [-0.3, -0.25) is 29.0 Å². The average Bonchev–Trinajstić information content (AvgIpc) is 3.19. The molecule has 0 bridgehead atoms. The maximum atomic E-state index is 14.0. The van der Waals surface area contributed by atoms with E-state index in [2.05, 4.69) is 15.1 Å². The van der Waals surface area contributed by atoms with E-state index in [0.29, 0.717) is 18.3 Å². The zero-order valence-corrected chi connectivity index (χ0v) is 20.3. The van der Waals surface area contributed by atoms with Gasteiger partial charge in [-0.05, 0) is 49.3 Å². The number of hydrogen-bond donors (Lipinski definition) is 1. The van der Waals surface area contributed by atoms with Gasteiger partial charge in [0, 0.05) is 25.8 Å². The molecule has 1 spiro atoms. The number of carbonyl (C=O) groups excluding carboxylic acids is 3. The first kappa shape index (κ1) is 22.9. The summed E-state index contributed by atoms with van der Waals surface area (Å²) in [4.78, 5) is 49.7. The Balaban J connectivity index is 1.43. The Morgan fingerprint density at radius 3 is 2.71 bits per heavy atom. The van der Waals surface area contributed by atoms with Crippen LogP contribution in [-0.2, 0) is 19.8 Å². The van der Waals surface area contributed by atoms with Gasteiger partial charge in [-0.15, -0.1) is 0 Å². The third-order valence-electron chi connectivity index (χ3n) is 8.32. The molecule has 1 N–H and O–H groups in total. The molecule has 1 aliphatic carbocycles. The van der Waals surface area contributed by atoms with Gasteiger partial charge in [0.1, 0.15) is 11.5 Å². The standard InChI is InChI=1S/C26H33N5O3/c1-15(2)10-20(30(5)24(33)22-17-11-16(17)13-29(22)4)23(32)31-14-26(12-21(31)27-3)18-8-6-7-9-19(18)28-25(26)34/h6-9,15-17,20-22H,10-14H2,1-2,4-5H3,(H,28,34)/t16-,17-,20+,21+,22+,26+/m1/s1. The Kier molecular flexibility index (Phi) is 5.44. The van der Waals surface area contributed by atoms with Gasteiger partial charge in [-0.25, -0.2) is 6.57 Å². The maximum Gasteiger partial charge on any atom is 0.302 e. The lowest BCUT2D eigenvalue weighted by atomic mass is 9.80. The number of nitrogens with one attached hydrogen (secondary N) is 1. The summed E-state index contributed by atoms with van der Waals surface area (Å²) in [6.07, 6.45) is 1.14. The molecule has 4 aliphatic rings. The summed E-state index contributed by atoms with van der Waals surface area (Å²) in [5.74, 6) is 0.779. The van der Waals surface area contributed by atoms with Crippen LogP contribution in [0.5, 0.6) is 0 Å². The summed E-state index contributed by atoms with van der Waals surface area (Å²) < 4.78 is 0. The molecule has 3 aliphatic heterocycles. The van der Waals surface area contributed by atoms with Crippen LogP contribution in [0.4, 0.5) is 5.69 Å². The van der Waals surface area contributed by atoms with Crippen LogP contribution in [0.15, 0.2) is 24.3 Å². The number of fused-ring (bicyclic) bond motifs is 3. The molecule has 180 valence electrons. The van der Waals surface area contributed by atoms with Crippen LogP contribution in [0.25, 0.3) is 4.85 Å². The number of rotatable bonds is 5. The van der Waals surface area contributed by atoms with E-state index in [1.165, 1.54) is 0 Å². The van der Waals surface area contributed by atoms with Crippen LogP contribution in [0.1, 0.15) is 38.7 Å². The van der Waals surface area contributed by atoms with E-state index in [1.54, 1.807) is 16.8 Å². The van der Waals surface area contributed by atoms with Gasteiger partial charge in [0.05, 0.1) is 12.5 Å². The third-order valence-corrected chi connectivity index (χ3v) is 8.32. The minimum Gasteiger partial charge on any atom is -0.332 e. The van der Waals surface area contributed by atoms with Gasteiger partial charge < -0.3 is 10.2 Å². The van der Waals surface area contributed by atoms with Crippen molar-refractivity contribution >= 4 is 23.4 Å². The van der Waals surface area contributed by atoms with E-state index in [-0.39, 0.29) is 42.6 Å². The van der Waals surface area contributed by atoms with Crippen molar-refractivity contribution in [3.63, 3.8) is 0 Å². The predicted molar refractivity (Wildman–Crippen MR) is 127 cm³/mol. The minimum absolute atomic E-state index is 0.0104. The first-order valence-electron chi connectivity index (χ1n) is 12.2. The molecule has 5 rings (SSSR count). The van der Waals surface area contributed by atoms with Crippen molar-refractivity contribution in [2.75, 3.05) is 32.5 Å². The second kappa shape index (κ2) is 8.09. The fourth-order valence-electron chi connectivity index (χ4n) is 6.43. The molecule has 2 saturated heterocycles. The van der Waals surface area contributed by atoms with Crippen LogP contribution in [0.2, 0.25) is 0 Å². The number of hydrogen-bond acceptors (Lipinski definition) is 4. The number of likely N-dealkylation sites (tertiary alicyclic amines) is 2. The van der Waals surface area contributed by atoms with Crippen molar-refractivity contribution in [3.05, 3.63) is 41.2 Å². The zero-order valence-electron chi connectivity index (χ0n) is 20.3. The van der Waals surface area contributed by atoms with Crippen LogP contribution in [0, 0.1) is 24.3 Å². The van der Waals surface area contributed by atoms with E-state index in [9.17, 15) is 14.4 Å². The molecule has 1 saturated carbocycles. The number of para-hydroxylation sites is 1. The van der Waals surface area contributed by atoms with Gasteiger partial charge >= 0.3 is 6.17 Å². The Morgan fingerprint density at radius 1 is 1.32 bits per heavy atom. The van der Waals surface area contributed by atoms with E-state index in [1.807, 2.05) is 45.2 Å². The molecule has 0 aromatic heterocycles. The van der Waals surface area contributed by atoms with Gasteiger partial charge in [0.15, 0.2) is 0 Å². The zero-order chi connectivity index (χ0) is 24.4. The smallest absolute Gasteiger partial charge is 0.302 e. The molecular formula is C26H33N5O3. The van der Waals surface area contributed by atoms with Crippen molar-refractivity contribution in [2.24, 2.45) is 17.8 Å². The number of carbonyl (C=O) groups is 3. The fraction of sp³-hybridized carbons (Fsp3) is 0.615. The number of piperidine rings is 1. The Hall–Kier alpha value is -2.92. The molecule has 0 unspecified atom stereocenters. The molecule has 0 radical (unpaired) electrons. The van der Waals surface area contributed by atoms with Crippen molar-refractivity contribution < 1.29 is 14.4 Å². The molecule has 3 fully saturated rings. The van der Waals surface area contributed by atoms with Gasteiger partial charge in [-0.1, -0.05) is 32.0 Å². The first-order valence-corrected chi connectivity index (χ1v) is 12.2. The highest BCUT2D eigenvalue weighted by Crippen LogP contribution is 2.50. The molecule has 3 heterocycles. The summed E-state index contributed by atoms with van der Waals surface area (Å²) in [6, 6.07) is 6.69. The van der Waals surface area contributed by atoms with Crippen molar-refractivity contribution in [1.82, 2.24) is 14.7 Å². The first-order chi connectivity index (χ1) is 16.2. The number of nitrogens with zero attached hydrogens (tertiary/aromatic N) is 4. The van der Waals surface area contributed by atoms with Crippen molar-refractivity contribution in [3.8, 4) is 0 Å². The molecule has 3 amide bonds. The van der Waals surface area contributed by atoms with Gasteiger partial charge in [0.2, 0.25) is 11.8 Å². The number of benzene rings is 1. The summed E-state index contributed by atoms with van der Waals surface area (Å²) in [6.45, 7) is 13.0. The summed E-state index contributed by atoms with van der Waals surface area (Å²) in [5, 5.41) is 2.94. The predicted octanol–water partition coefficient (Wildman–Crippen LogP) is 2.18. The molecule has 1 aromatic carbocycles. The number of likely N-dealkylation sites (N-methyl/N-ethyl adjacent to an activating group) is 2. The molecule has 34 heavy (non-hydrogen) atoms. The van der Waals surface area contributed by atoms with Gasteiger partial charge in [-0.2, -0.15) is 0 Å². The van der Waals surface area contributed by atoms with Gasteiger partial charge in [0.25, 0.3) is 5.91 Å². The lowest BCUT2D eigenvalue weighted by Crippen LogP contribution is -2.55. The molecule has 6 atom stereocenters. The largest absolute Gasteiger partial charge is 0.332 e. The highest BCUT2D eigenvalue weighted by atomic mass is 16.2. The second-order valence-corrected chi connectivity index (χ2v) is 11.0. The van der Waals surface area contributed by atoms with Crippen LogP contribution < -0.4 is 5.32 Å². The molecular weight excluding hydrogens is 430 g/mol. The van der Waals surface area contributed by atoms with Crippen LogP contribution >= 0.6 is 0 Å². The monoisotopic (exact) mass is 463 g/mol. The highest BCUT2D eigenvalue weighted by molar-refractivity contribution is 6.07. The van der Waals surface area contributed by atoms with Crippen molar-refractivity contribution in [1.29, 1.82) is 0 Å². The van der Waals surface area contributed by atoms with Crippen molar-refractivity contribution in [2.45, 2.75) is 56.8 Å². The topological polar surface area (TPSA) is 77.3 Å². The van der Waals surface area contributed by atoms with E-state index in [0.717, 1.165) is 24.2 Å². The normalized spacial score (nSPS) is 32.4. The quantitative estimate of drug-likeness (QED) is 0.679. The van der Waals surface area contributed by atoms with Crippen LogP contribution in [-0.4, -0.2) is 77.9 Å². The SMILES string of the molecule is [C-]#[N+][C@@H]1C[C@@]2(CN1C(=O)[C@H](CC(C)C)N(C)C(=O)[C@@H]1[C@@H]3C[C@@H]3CN1C)C(=O)Nc1ccccc12. The molecule has 1 aromatic rings. The van der Waals surface area contributed by atoms with Crippen LogP contribution in [0.3, 0.4) is 0 Å². The molecule has 8 nitrogen and oxygen atoms in total. The highest BCUT2D eigenvalue weighted by Gasteiger charge is 2.60. The lowest BCUT2D eigenvalue weighted by Gasteiger charge is -2.35. The number of amides is 3. The van der Waals surface area contributed by atoms with E-state index in [4.69, 9.17) is 6.57 Å². The lowest BCUT2D eigenvalue weighted by molar-refractivity contribution is -0.148. The Bertz CT molecular complexity index is 1080. The third kappa shape index (κ3) is 3.40. The number of anilines is 1. The fourth-order valence-corrected chi connectivity index (χ4v) is 6.43. The summed E-state index contributed by atoms with van der Waals surface area (Å²) >= 11 is 0.